The Hall–Kier alpha value is -1.46. The molecule has 80 valence electrons. The number of thiazole rings is 1. The Balaban J connectivity index is 2.35. The monoisotopic (exact) mass is 250 g/mol. The number of hydrogen-bond donors (Lipinski definition) is 0. The smallest absolute Gasteiger partial charge is 0.165 e. The van der Waals surface area contributed by atoms with Gasteiger partial charge in [-0.2, -0.15) is 5.10 Å². The number of aryl methyl sites for hydroxylation is 1. The van der Waals surface area contributed by atoms with Gasteiger partial charge in [0.25, 0.3) is 0 Å². The van der Waals surface area contributed by atoms with Crippen molar-refractivity contribution in [2.75, 3.05) is 0 Å². The number of aromatic nitrogens is 4. The number of fused-ring (bicyclic) bond motifs is 1. The largest absolute Gasteiger partial charge is 0.252 e. The van der Waals surface area contributed by atoms with E-state index in [2.05, 4.69) is 15.1 Å². The van der Waals surface area contributed by atoms with E-state index in [1.807, 2.05) is 6.92 Å². The molecule has 0 atom stereocenters. The van der Waals surface area contributed by atoms with Crippen molar-refractivity contribution in [3.8, 4) is 10.4 Å². The minimum absolute atomic E-state index is 0.568. The second-order valence-corrected chi connectivity index (χ2v) is 4.65. The SMILES string of the molecule is Cc1cc(Cl)n2ncc(-c3cncs3)c2n1. The van der Waals surface area contributed by atoms with Gasteiger partial charge >= 0.3 is 0 Å². The minimum Gasteiger partial charge on any atom is -0.252 e. The molecule has 0 aliphatic carbocycles. The zero-order valence-electron chi connectivity index (χ0n) is 8.38. The van der Waals surface area contributed by atoms with Crippen molar-refractivity contribution in [2.45, 2.75) is 6.92 Å². The van der Waals surface area contributed by atoms with Crippen LogP contribution in [-0.4, -0.2) is 19.6 Å². The van der Waals surface area contributed by atoms with E-state index < -0.39 is 0 Å². The molecule has 0 saturated carbocycles. The van der Waals surface area contributed by atoms with Crippen LogP contribution in [-0.2, 0) is 0 Å². The zero-order valence-corrected chi connectivity index (χ0v) is 9.96. The minimum atomic E-state index is 0.568. The van der Waals surface area contributed by atoms with E-state index in [0.29, 0.717) is 5.15 Å². The van der Waals surface area contributed by atoms with Gasteiger partial charge in [-0.05, 0) is 13.0 Å². The first-order valence-corrected chi connectivity index (χ1v) is 5.91. The zero-order chi connectivity index (χ0) is 11.1. The van der Waals surface area contributed by atoms with Crippen molar-refractivity contribution in [1.82, 2.24) is 19.6 Å². The first-order chi connectivity index (χ1) is 7.75. The van der Waals surface area contributed by atoms with E-state index in [9.17, 15) is 0 Å². The van der Waals surface area contributed by atoms with Gasteiger partial charge in [0.2, 0.25) is 0 Å². The van der Waals surface area contributed by atoms with Crippen LogP contribution in [0.2, 0.25) is 5.15 Å². The molecule has 0 aromatic carbocycles. The lowest BCUT2D eigenvalue weighted by Gasteiger charge is -1.99. The van der Waals surface area contributed by atoms with Gasteiger partial charge in [-0.1, -0.05) is 11.6 Å². The van der Waals surface area contributed by atoms with E-state index >= 15 is 0 Å². The summed E-state index contributed by atoms with van der Waals surface area (Å²) in [5.41, 5.74) is 4.40. The summed E-state index contributed by atoms with van der Waals surface area (Å²) in [6.45, 7) is 1.91. The van der Waals surface area contributed by atoms with Crippen LogP contribution in [0, 0.1) is 6.92 Å². The van der Waals surface area contributed by atoms with E-state index in [4.69, 9.17) is 11.6 Å². The van der Waals surface area contributed by atoms with Crippen molar-refractivity contribution in [1.29, 1.82) is 0 Å². The molecule has 3 heterocycles. The van der Waals surface area contributed by atoms with Crippen molar-refractivity contribution < 1.29 is 0 Å². The van der Waals surface area contributed by atoms with Crippen LogP contribution in [0.3, 0.4) is 0 Å². The van der Waals surface area contributed by atoms with E-state index in [1.54, 1.807) is 39.8 Å². The van der Waals surface area contributed by atoms with Crippen molar-refractivity contribution in [3.63, 3.8) is 0 Å². The molecule has 4 nitrogen and oxygen atoms in total. The Labute approximate surface area is 101 Å². The molecule has 0 bridgehead atoms. The van der Waals surface area contributed by atoms with Crippen LogP contribution >= 0.6 is 22.9 Å². The number of hydrogen-bond acceptors (Lipinski definition) is 4. The van der Waals surface area contributed by atoms with Gasteiger partial charge in [-0.25, -0.2) is 9.50 Å². The molecule has 16 heavy (non-hydrogen) atoms. The Bertz CT molecular complexity index is 644. The van der Waals surface area contributed by atoms with Crippen LogP contribution in [0.25, 0.3) is 16.1 Å². The fraction of sp³-hybridized carbons (Fsp3) is 0.100. The number of nitrogens with zero attached hydrogens (tertiary/aromatic N) is 4. The van der Waals surface area contributed by atoms with Gasteiger partial charge < -0.3 is 0 Å². The molecule has 0 amide bonds. The topological polar surface area (TPSA) is 43.1 Å². The standard InChI is InChI=1S/C10H7ClN4S/c1-6-2-9(11)15-10(14-6)7(3-13-15)8-4-12-5-16-8/h2-5H,1H3. The molecular weight excluding hydrogens is 244 g/mol. The summed E-state index contributed by atoms with van der Waals surface area (Å²) in [7, 11) is 0. The average Bonchev–Trinajstić information content (AvgIpc) is 2.83. The molecule has 0 fully saturated rings. The lowest BCUT2D eigenvalue weighted by molar-refractivity contribution is 0.930. The van der Waals surface area contributed by atoms with Gasteiger partial charge in [0.05, 0.1) is 22.1 Å². The predicted molar refractivity (Wildman–Crippen MR) is 63.8 cm³/mol. The van der Waals surface area contributed by atoms with Gasteiger partial charge in [0.1, 0.15) is 5.15 Å². The Morgan fingerprint density at radius 3 is 3.00 bits per heavy atom. The molecule has 0 spiro atoms. The quantitative estimate of drug-likeness (QED) is 0.624. The summed E-state index contributed by atoms with van der Waals surface area (Å²) in [5.74, 6) is 0. The fourth-order valence-electron chi connectivity index (χ4n) is 1.56. The van der Waals surface area contributed by atoms with Crippen molar-refractivity contribution >= 4 is 28.6 Å². The molecule has 3 aromatic heterocycles. The summed E-state index contributed by atoms with van der Waals surface area (Å²) in [6, 6.07) is 1.79. The third kappa shape index (κ3) is 1.40. The highest BCUT2D eigenvalue weighted by Gasteiger charge is 2.11. The van der Waals surface area contributed by atoms with Gasteiger partial charge in [0.15, 0.2) is 5.65 Å². The third-order valence-corrected chi connectivity index (χ3v) is 3.33. The molecule has 0 aliphatic heterocycles. The normalized spacial score (nSPS) is 11.1. The van der Waals surface area contributed by atoms with Crippen molar-refractivity contribution in [3.05, 3.63) is 34.8 Å². The van der Waals surface area contributed by atoms with Gasteiger partial charge in [-0.3, -0.25) is 4.98 Å². The highest BCUT2D eigenvalue weighted by molar-refractivity contribution is 7.13. The molecule has 0 unspecified atom stereocenters. The fourth-order valence-corrected chi connectivity index (χ4v) is 2.47. The summed E-state index contributed by atoms with van der Waals surface area (Å²) < 4.78 is 1.63. The molecule has 0 radical (unpaired) electrons. The summed E-state index contributed by atoms with van der Waals surface area (Å²) >= 11 is 7.64. The Morgan fingerprint density at radius 2 is 2.25 bits per heavy atom. The highest BCUT2D eigenvalue weighted by Crippen LogP contribution is 2.27. The van der Waals surface area contributed by atoms with E-state index in [0.717, 1.165) is 21.8 Å². The Kier molecular flexibility index (Phi) is 2.15. The molecule has 0 aliphatic rings. The molecule has 6 heteroatoms. The first kappa shape index (κ1) is 9.74. The molecule has 3 aromatic rings. The summed E-state index contributed by atoms with van der Waals surface area (Å²) in [4.78, 5) is 9.54. The first-order valence-electron chi connectivity index (χ1n) is 4.65. The van der Waals surface area contributed by atoms with E-state index in [-0.39, 0.29) is 0 Å². The molecule has 3 rings (SSSR count). The van der Waals surface area contributed by atoms with Crippen LogP contribution in [0.5, 0.6) is 0 Å². The average molecular weight is 251 g/mol. The molecule has 0 N–H and O–H groups in total. The maximum Gasteiger partial charge on any atom is 0.165 e. The third-order valence-electron chi connectivity index (χ3n) is 2.25. The predicted octanol–water partition coefficient (Wildman–Crippen LogP) is 2.81. The van der Waals surface area contributed by atoms with Crippen LogP contribution in [0.15, 0.2) is 24.0 Å². The lowest BCUT2D eigenvalue weighted by atomic mass is 10.3. The number of halogens is 1. The van der Waals surface area contributed by atoms with Crippen LogP contribution in [0.1, 0.15) is 5.69 Å². The van der Waals surface area contributed by atoms with Crippen LogP contribution in [0.4, 0.5) is 0 Å². The molecular formula is C10H7ClN4S. The molecule has 0 saturated heterocycles. The maximum atomic E-state index is 6.09. The lowest BCUT2D eigenvalue weighted by Crippen LogP contribution is -1.94. The van der Waals surface area contributed by atoms with Gasteiger partial charge in [0, 0.05) is 11.9 Å². The summed E-state index contributed by atoms with van der Waals surface area (Å²) in [6.07, 6.45) is 3.57. The second-order valence-electron chi connectivity index (χ2n) is 3.38. The van der Waals surface area contributed by atoms with Crippen LogP contribution < -0.4 is 0 Å². The van der Waals surface area contributed by atoms with Crippen molar-refractivity contribution in [2.24, 2.45) is 0 Å². The van der Waals surface area contributed by atoms with Gasteiger partial charge in [-0.15, -0.1) is 11.3 Å². The Morgan fingerprint density at radius 1 is 1.38 bits per heavy atom. The summed E-state index contributed by atoms with van der Waals surface area (Å²) in [5, 5.41) is 4.78. The maximum absolute atomic E-state index is 6.09. The second kappa shape index (κ2) is 3.54. The highest BCUT2D eigenvalue weighted by atomic mass is 35.5. The van der Waals surface area contributed by atoms with E-state index in [1.165, 1.54) is 0 Å². The number of rotatable bonds is 1.